The lowest BCUT2D eigenvalue weighted by molar-refractivity contribution is 0.141. The summed E-state index contributed by atoms with van der Waals surface area (Å²) in [5.74, 6) is 2.71. The summed E-state index contributed by atoms with van der Waals surface area (Å²) >= 11 is 0. The first-order chi connectivity index (χ1) is 6.85. The molecule has 0 radical (unpaired) electrons. The maximum atomic E-state index is 5.31. The second-order valence-corrected chi connectivity index (χ2v) is 3.40. The molecule has 0 aromatic rings. The van der Waals surface area contributed by atoms with Gasteiger partial charge < -0.3 is 10.1 Å². The zero-order chi connectivity index (χ0) is 10.6. The lowest BCUT2D eigenvalue weighted by atomic mass is 10.1. The molecule has 0 aromatic carbocycles. The van der Waals surface area contributed by atoms with E-state index in [0.29, 0.717) is 6.04 Å². The first kappa shape index (κ1) is 13.5. The number of terminal acetylenes is 1. The molecule has 0 aliphatic carbocycles. The van der Waals surface area contributed by atoms with E-state index in [9.17, 15) is 0 Å². The van der Waals surface area contributed by atoms with Crippen LogP contribution in [0, 0.1) is 12.3 Å². The molecule has 1 unspecified atom stereocenters. The molecule has 0 bridgehead atoms. The molecular formula is C12H23NO. The average molecular weight is 197 g/mol. The highest BCUT2D eigenvalue weighted by Gasteiger charge is 2.04. The van der Waals surface area contributed by atoms with E-state index in [1.165, 1.54) is 0 Å². The predicted molar refractivity (Wildman–Crippen MR) is 61.3 cm³/mol. The van der Waals surface area contributed by atoms with Gasteiger partial charge in [0.05, 0.1) is 0 Å². The summed E-state index contributed by atoms with van der Waals surface area (Å²) in [6.07, 6.45) is 9.50. The monoisotopic (exact) mass is 197 g/mol. The molecular weight excluding hydrogens is 174 g/mol. The SMILES string of the molecule is C#CCC(CCCOCC)NCCC. The molecule has 2 heteroatoms. The van der Waals surface area contributed by atoms with Crippen molar-refractivity contribution in [3.8, 4) is 12.3 Å². The van der Waals surface area contributed by atoms with Gasteiger partial charge in [-0.3, -0.25) is 0 Å². The quantitative estimate of drug-likeness (QED) is 0.452. The van der Waals surface area contributed by atoms with Crippen LogP contribution in [0.2, 0.25) is 0 Å². The van der Waals surface area contributed by atoms with Crippen LogP contribution in [0.4, 0.5) is 0 Å². The third-order valence-electron chi connectivity index (χ3n) is 2.09. The van der Waals surface area contributed by atoms with Crippen LogP contribution in [0.5, 0.6) is 0 Å². The van der Waals surface area contributed by atoms with E-state index in [0.717, 1.165) is 45.4 Å². The fourth-order valence-corrected chi connectivity index (χ4v) is 1.34. The van der Waals surface area contributed by atoms with Gasteiger partial charge in [-0.1, -0.05) is 6.92 Å². The smallest absolute Gasteiger partial charge is 0.0466 e. The van der Waals surface area contributed by atoms with Gasteiger partial charge in [-0.15, -0.1) is 12.3 Å². The molecule has 82 valence electrons. The van der Waals surface area contributed by atoms with Gasteiger partial charge in [-0.2, -0.15) is 0 Å². The fraction of sp³-hybridized carbons (Fsp3) is 0.833. The first-order valence-corrected chi connectivity index (χ1v) is 5.59. The number of rotatable bonds is 9. The number of ether oxygens (including phenoxy) is 1. The van der Waals surface area contributed by atoms with Gasteiger partial charge in [0.15, 0.2) is 0 Å². The molecule has 1 atom stereocenters. The Hall–Kier alpha value is -0.520. The normalized spacial score (nSPS) is 12.4. The molecule has 1 N–H and O–H groups in total. The second-order valence-electron chi connectivity index (χ2n) is 3.40. The van der Waals surface area contributed by atoms with E-state index in [1.807, 2.05) is 6.92 Å². The van der Waals surface area contributed by atoms with E-state index in [2.05, 4.69) is 18.2 Å². The summed E-state index contributed by atoms with van der Waals surface area (Å²) in [7, 11) is 0. The topological polar surface area (TPSA) is 21.3 Å². The van der Waals surface area contributed by atoms with Gasteiger partial charge in [-0.25, -0.2) is 0 Å². The van der Waals surface area contributed by atoms with Gasteiger partial charge >= 0.3 is 0 Å². The summed E-state index contributed by atoms with van der Waals surface area (Å²) in [5.41, 5.74) is 0. The Morgan fingerprint density at radius 2 is 2.21 bits per heavy atom. The van der Waals surface area contributed by atoms with Crippen LogP contribution in [-0.4, -0.2) is 25.8 Å². The highest BCUT2D eigenvalue weighted by atomic mass is 16.5. The molecule has 2 nitrogen and oxygen atoms in total. The summed E-state index contributed by atoms with van der Waals surface area (Å²) in [5, 5.41) is 3.45. The minimum Gasteiger partial charge on any atom is -0.382 e. The Kier molecular flexibility index (Phi) is 10.2. The maximum absolute atomic E-state index is 5.31. The number of nitrogens with one attached hydrogen (secondary N) is 1. The molecule has 0 rings (SSSR count). The van der Waals surface area contributed by atoms with E-state index in [4.69, 9.17) is 11.2 Å². The highest BCUT2D eigenvalue weighted by molar-refractivity contribution is 4.89. The largest absolute Gasteiger partial charge is 0.382 e. The lowest BCUT2D eigenvalue weighted by Crippen LogP contribution is -2.29. The van der Waals surface area contributed by atoms with E-state index in [1.54, 1.807) is 0 Å². The highest BCUT2D eigenvalue weighted by Crippen LogP contribution is 2.01. The van der Waals surface area contributed by atoms with E-state index < -0.39 is 0 Å². The lowest BCUT2D eigenvalue weighted by Gasteiger charge is -2.15. The van der Waals surface area contributed by atoms with Gasteiger partial charge in [0.1, 0.15) is 0 Å². The molecule has 0 aliphatic rings. The van der Waals surface area contributed by atoms with Crippen molar-refractivity contribution in [2.45, 2.75) is 45.6 Å². The number of hydrogen-bond donors (Lipinski definition) is 1. The molecule has 0 amide bonds. The first-order valence-electron chi connectivity index (χ1n) is 5.59. The van der Waals surface area contributed by atoms with Gasteiger partial charge in [0.25, 0.3) is 0 Å². The zero-order valence-corrected chi connectivity index (χ0v) is 9.51. The summed E-state index contributed by atoms with van der Waals surface area (Å²) < 4.78 is 5.29. The number of hydrogen-bond acceptors (Lipinski definition) is 2. The Bertz CT molecular complexity index is 151. The van der Waals surface area contributed by atoms with Crippen LogP contribution in [0.3, 0.4) is 0 Å². The average Bonchev–Trinajstić information content (AvgIpc) is 2.20. The summed E-state index contributed by atoms with van der Waals surface area (Å²) in [6, 6.07) is 0.473. The van der Waals surface area contributed by atoms with Crippen molar-refractivity contribution < 1.29 is 4.74 Å². The van der Waals surface area contributed by atoms with Crippen LogP contribution in [0.25, 0.3) is 0 Å². The molecule has 0 spiro atoms. The third kappa shape index (κ3) is 8.10. The Labute approximate surface area is 88.4 Å². The van der Waals surface area contributed by atoms with Crippen molar-refractivity contribution in [3.63, 3.8) is 0 Å². The Morgan fingerprint density at radius 1 is 1.43 bits per heavy atom. The van der Waals surface area contributed by atoms with Gasteiger partial charge in [-0.05, 0) is 32.7 Å². The standard InChI is InChI=1S/C12H23NO/c1-4-8-12(13-10-5-2)9-7-11-14-6-3/h1,12-13H,5-11H2,2-3H3. The summed E-state index contributed by atoms with van der Waals surface area (Å²) in [4.78, 5) is 0. The van der Waals surface area contributed by atoms with Crippen molar-refractivity contribution in [1.82, 2.24) is 5.32 Å². The Balaban J connectivity index is 3.47. The summed E-state index contributed by atoms with van der Waals surface area (Å²) in [6.45, 7) is 6.91. The molecule has 0 saturated heterocycles. The molecule has 0 saturated carbocycles. The van der Waals surface area contributed by atoms with Crippen molar-refractivity contribution >= 4 is 0 Å². The van der Waals surface area contributed by atoms with Crippen LogP contribution < -0.4 is 5.32 Å². The van der Waals surface area contributed by atoms with E-state index in [-0.39, 0.29) is 0 Å². The minimum atomic E-state index is 0.473. The predicted octanol–water partition coefficient (Wildman–Crippen LogP) is 2.19. The molecule has 0 aromatic heterocycles. The Morgan fingerprint density at radius 3 is 2.79 bits per heavy atom. The van der Waals surface area contributed by atoms with Crippen LogP contribution in [-0.2, 0) is 4.74 Å². The molecule has 0 aliphatic heterocycles. The fourth-order valence-electron chi connectivity index (χ4n) is 1.34. The van der Waals surface area contributed by atoms with Crippen LogP contribution in [0.15, 0.2) is 0 Å². The van der Waals surface area contributed by atoms with Crippen molar-refractivity contribution in [1.29, 1.82) is 0 Å². The molecule has 0 fully saturated rings. The zero-order valence-electron chi connectivity index (χ0n) is 9.51. The van der Waals surface area contributed by atoms with Crippen LogP contribution in [0.1, 0.15) is 39.5 Å². The van der Waals surface area contributed by atoms with Gasteiger partial charge in [0.2, 0.25) is 0 Å². The van der Waals surface area contributed by atoms with Crippen LogP contribution >= 0.6 is 0 Å². The van der Waals surface area contributed by atoms with Crippen molar-refractivity contribution in [2.75, 3.05) is 19.8 Å². The van der Waals surface area contributed by atoms with E-state index >= 15 is 0 Å². The molecule has 14 heavy (non-hydrogen) atoms. The minimum absolute atomic E-state index is 0.473. The maximum Gasteiger partial charge on any atom is 0.0466 e. The molecule has 0 heterocycles. The van der Waals surface area contributed by atoms with Crippen molar-refractivity contribution in [2.24, 2.45) is 0 Å². The van der Waals surface area contributed by atoms with Crippen molar-refractivity contribution in [3.05, 3.63) is 0 Å². The van der Waals surface area contributed by atoms with Gasteiger partial charge in [0, 0.05) is 25.7 Å². The third-order valence-corrected chi connectivity index (χ3v) is 2.09. The second kappa shape index (κ2) is 10.6.